The molecule has 2 heterocycles. The number of rotatable bonds is 5. The zero-order valence-corrected chi connectivity index (χ0v) is 17.1. The number of carbonyl (C=O) groups is 2. The first kappa shape index (κ1) is 20.6. The van der Waals surface area contributed by atoms with Gasteiger partial charge in [0, 0.05) is 32.7 Å². The first-order valence-corrected chi connectivity index (χ1v) is 9.81. The van der Waals surface area contributed by atoms with Gasteiger partial charge in [0.25, 0.3) is 11.5 Å². The molecule has 8 nitrogen and oxygen atoms in total. The van der Waals surface area contributed by atoms with Gasteiger partial charge in [-0.2, -0.15) is 5.10 Å². The predicted octanol–water partition coefficient (Wildman–Crippen LogP) is 1.96. The van der Waals surface area contributed by atoms with Crippen molar-refractivity contribution in [2.45, 2.75) is 38.8 Å². The number of benzene rings is 1. The maximum Gasteiger partial charge on any atom is 0.269 e. The van der Waals surface area contributed by atoms with E-state index >= 15 is 0 Å². The van der Waals surface area contributed by atoms with Crippen molar-refractivity contribution in [3.05, 3.63) is 52.4 Å². The number of piperidine rings is 1. The Morgan fingerprint density at radius 3 is 2.69 bits per heavy atom. The van der Waals surface area contributed by atoms with Gasteiger partial charge in [-0.3, -0.25) is 14.4 Å². The molecule has 0 saturated carbocycles. The third-order valence-corrected chi connectivity index (χ3v) is 5.16. The highest BCUT2D eigenvalue weighted by Gasteiger charge is 2.26. The molecule has 3 rings (SSSR count). The molecule has 2 aromatic rings. The molecule has 0 bridgehead atoms. The minimum absolute atomic E-state index is 0.0845. The average Bonchev–Trinajstić information content (AvgIpc) is 2.69. The summed E-state index contributed by atoms with van der Waals surface area (Å²) in [5.74, 6) is -0.497. The summed E-state index contributed by atoms with van der Waals surface area (Å²) in [6, 6.07) is 8.57. The van der Waals surface area contributed by atoms with Crippen molar-refractivity contribution in [1.82, 2.24) is 14.7 Å². The lowest BCUT2D eigenvalue weighted by Gasteiger charge is -2.33. The monoisotopic (exact) mass is 397 g/mol. The fourth-order valence-electron chi connectivity index (χ4n) is 3.45. The quantitative estimate of drug-likeness (QED) is 0.833. The van der Waals surface area contributed by atoms with Crippen LogP contribution in [0.3, 0.4) is 0 Å². The molecule has 154 valence electrons. The Labute approximate surface area is 170 Å². The number of hydrogen-bond acceptors (Lipinski definition) is 5. The summed E-state index contributed by atoms with van der Waals surface area (Å²) >= 11 is 0. The molecule has 1 unspecified atom stereocenters. The van der Waals surface area contributed by atoms with Crippen LogP contribution in [0.25, 0.3) is 0 Å². The fraction of sp³-hybridized carbons (Fsp3) is 0.429. The van der Waals surface area contributed by atoms with Crippen LogP contribution in [0, 0.1) is 0 Å². The molecule has 1 saturated heterocycles. The van der Waals surface area contributed by atoms with Crippen LogP contribution in [-0.4, -0.2) is 53.2 Å². The minimum atomic E-state index is -0.413. The van der Waals surface area contributed by atoms with E-state index in [1.807, 2.05) is 25.9 Å². The van der Waals surface area contributed by atoms with Crippen LogP contribution >= 0.6 is 0 Å². The highest BCUT2D eigenvalue weighted by molar-refractivity contribution is 6.03. The van der Waals surface area contributed by atoms with Crippen molar-refractivity contribution in [3.63, 3.8) is 0 Å². The zero-order valence-electron chi connectivity index (χ0n) is 17.1. The number of para-hydroxylation sites is 1. The van der Waals surface area contributed by atoms with Gasteiger partial charge in [0.15, 0.2) is 0 Å². The molecular formula is C21H27N5O3. The summed E-state index contributed by atoms with van der Waals surface area (Å²) in [7, 11) is 3.62. The molecule has 1 aromatic carbocycles. The molecule has 0 aliphatic carbocycles. The van der Waals surface area contributed by atoms with Gasteiger partial charge in [-0.1, -0.05) is 12.1 Å². The van der Waals surface area contributed by atoms with Crippen LogP contribution in [0.1, 0.15) is 36.5 Å². The Hall–Kier alpha value is -3.16. The van der Waals surface area contributed by atoms with Gasteiger partial charge in [-0.05, 0) is 38.3 Å². The Bertz CT molecular complexity index is 953. The summed E-state index contributed by atoms with van der Waals surface area (Å²) in [6.45, 7) is 2.54. The van der Waals surface area contributed by atoms with Crippen molar-refractivity contribution in [2.75, 3.05) is 30.9 Å². The van der Waals surface area contributed by atoms with E-state index in [1.54, 1.807) is 29.2 Å². The Balaban J connectivity index is 1.74. The lowest BCUT2D eigenvalue weighted by Crippen LogP contribution is -2.42. The van der Waals surface area contributed by atoms with E-state index in [2.05, 4.69) is 10.4 Å². The van der Waals surface area contributed by atoms with E-state index in [0.717, 1.165) is 30.5 Å². The van der Waals surface area contributed by atoms with Gasteiger partial charge in [0.05, 0.1) is 23.1 Å². The van der Waals surface area contributed by atoms with Gasteiger partial charge >= 0.3 is 0 Å². The Morgan fingerprint density at radius 2 is 2.00 bits per heavy atom. The van der Waals surface area contributed by atoms with Crippen molar-refractivity contribution < 1.29 is 9.59 Å². The average molecular weight is 397 g/mol. The summed E-state index contributed by atoms with van der Waals surface area (Å²) in [5, 5.41) is 6.81. The molecule has 1 fully saturated rings. The number of carbonyl (C=O) groups excluding carboxylic acids is 2. The molecule has 2 amide bonds. The normalized spacial score (nSPS) is 16.4. The van der Waals surface area contributed by atoms with Gasteiger partial charge < -0.3 is 15.1 Å². The van der Waals surface area contributed by atoms with Crippen molar-refractivity contribution in [2.24, 2.45) is 0 Å². The number of amides is 2. The summed E-state index contributed by atoms with van der Waals surface area (Å²) in [5.41, 5.74) is 1.20. The van der Waals surface area contributed by atoms with Crippen LogP contribution in [-0.2, 0) is 11.3 Å². The highest BCUT2D eigenvalue weighted by atomic mass is 16.2. The number of likely N-dealkylation sites (tertiary alicyclic amines) is 1. The number of aromatic nitrogens is 2. The van der Waals surface area contributed by atoms with E-state index in [0.29, 0.717) is 16.9 Å². The van der Waals surface area contributed by atoms with Gasteiger partial charge in [-0.25, -0.2) is 4.68 Å². The van der Waals surface area contributed by atoms with E-state index in [9.17, 15) is 14.4 Å². The lowest BCUT2D eigenvalue weighted by molar-refractivity contribution is -0.117. The van der Waals surface area contributed by atoms with E-state index < -0.39 is 5.91 Å². The highest BCUT2D eigenvalue weighted by Crippen LogP contribution is 2.23. The second-order valence-corrected chi connectivity index (χ2v) is 7.54. The van der Waals surface area contributed by atoms with Crippen molar-refractivity contribution >= 4 is 23.2 Å². The van der Waals surface area contributed by atoms with Crippen molar-refractivity contribution in [3.8, 4) is 0 Å². The molecule has 1 aromatic heterocycles. The minimum Gasteiger partial charge on any atom is -0.376 e. The standard InChI is InChI=1S/C21H27N5O3/c1-15-8-6-7-11-25(15)21(29)17-9-4-5-10-18(17)23-19(27)14-26-20(28)12-16(13-22-26)24(2)3/h4-5,9-10,12-13,15H,6-8,11,14H2,1-3H3,(H,23,27). The molecule has 1 aliphatic heterocycles. The molecule has 0 radical (unpaired) electrons. The van der Waals surface area contributed by atoms with Gasteiger partial charge in [0.2, 0.25) is 5.91 Å². The van der Waals surface area contributed by atoms with E-state index in [4.69, 9.17) is 0 Å². The van der Waals surface area contributed by atoms with Crippen LogP contribution in [0.5, 0.6) is 0 Å². The summed E-state index contributed by atoms with van der Waals surface area (Å²) < 4.78 is 1.10. The molecule has 1 aliphatic rings. The lowest BCUT2D eigenvalue weighted by atomic mass is 10.0. The second-order valence-electron chi connectivity index (χ2n) is 7.54. The summed E-state index contributed by atoms with van der Waals surface area (Å²) in [4.78, 5) is 41.4. The Kier molecular flexibility index (Phi) is 6.31. The zero-order chi connectivity index (χ0) is 21.0. The number of anilines is 2. The topological polar surface area (TPSA) is 87.5 Å². The largest absolute Gasteiger partial charge is 0.376 e. The smallest absolute Gasteiger partial charge is 0.269 e. The van der Waals surface area contributed by atoms with E-state index in [1.165, 1.54) is 12.3 Å². The molecule has 0 spiro atoms. The maximum atomic E-state index is 13.0. The van der Waals surface area contributed by atoms with Crippen molar-refractivity contribution in [1.29, 1.82) is 0 Å². The molecule has 8 heteroatoms. The molecule has 29 heavy (non-hydrogen) atoms. The third-order valence-electron chi connectivity index (χ3n) is 5.16. The van der Waals surface area contributed by atoms with Crippen LogP contribution in [0.15, 0.2) is 41.3 Å². The number of hydrogen-bond donors (Lipinski definition) is 1. The fourth-order valence-corrected chi connectivity index (χ4v) is 3.45. The SMILES string of the molecule is CC1CCCCN1C(=O)c1ccccc1NC(=O)Cn1ncc(N(C)C)cc1=O. The molecule has 1 atom stereocenters. The molecule has 1 N–H and O–H groups in total. The van der Waals surface area contributed by atoms with Gasteiger partial charge in [0.1, 0.15) is 6.54 Å². The van der Waals surface area contributed by atoms with Crippen LogP contribution in [0.2, 0.25) is 0 Å². The predicted molar refractivity (Wildman–Crippen MR) is 112 cm³/mol. The van der Waals surface area contributed by atoms with Gasteiger partial charge in [-0.15, -0.1) is 0 Å². The first-order valence-electron chi connectivity index (χ1n) is 9.81. The number of nitrogens with zero attached hydrogens (tertiary/aromatic N) is 4. The summed E-state index contributed by atoms with van der Waals surface area (Å²) in [6.07, 6.45) is 4.63. The number of nitrogens with one attached hydrogen (secondary N) is 1. The van der Waals surface area contributed by atoms with Crippen LogP contribution < -0.4 is 15.8 Å². The maximum absolute atomic E-state index is 13.0. The Morgan fingerprint density at radius 1 is 1.24 bits per heavy atom. The third kappa shape index (κ3) is 4.82. The second kappa shape index (κ2) is 8.89. The van der Waals surface area contributed by atoms with E-state index in [-0.39, 0.29) is 24.1 Å². The van der Waals surface area contributed by atoms with Crippen LogP contribution in [0.4, 0.5) is 11.4 Å². The molecular weight excluding hydrogens is 370 g/mol. The first-order chi connectivity index (χ1) is 13.9.